The summed E-state index contributed by atoms with van der Waals surface area (Å²) in [6.07, 6.45) is 1.62. The number of hydrogen-bond donors (Lipinski definition) is 0. The maximum atomic E-state index is 14.6. The highest BCUT2D eigenvalue weighted by atomic mass is 19.1. The van der Waals surface area contributed by atoms with E-state index in [1.54, 1.807) is 13.0 Å². The smallest absolute Gasteiger partial charge is 0.318 e. The number of rotatable bonds is 6. The van der Waals surface area contributed by atoms with E-state index in [9.17, 15) is 18.0 Å². The number of carbonyl (C=O) groups excluding carboxylic acids is 1. The van der Waals surface area contributed by atoms with Crippen LogP contribution in [0.1, 0.15) is 39.2 Å². The first kappa shape index (κ1) is 28.2. The summed E-state index contributed by atoms with van der Waals surface area (Å²) in [4.78, 5) is 29.6. The van der Waals surface area contributed by atoms with Crippen LogP contribution in [0.5, 0.6) is 6.01 Å². The molecule has 4 aromatic rings. The van der Waals surface area contributed by atoms with Gasteiger partial charge in [-0.25, -0.2) is 13.2 Å². The Hall–Kier alpha value is -4.01. The second-order valence-corrected chi connectivity index (χ2v) is 7.33. The molecule has 6 nitrogen and oxygen atoms in total. The average molecular weight is 500 g/mol. The van der Waals surface area contributed by atoms with Gasteiger partial charge < -0.3 is 9.53 Å². The van der Waals surface area contributed by atoms with Gasteiger partial charge in [-0.2, -0.15) is 9.97 Å². The van der Waals surface area contributed by atoms with E-state index >= 15 is 0 Å². The Morgan fingerprint density at radius 3 is 2.25 bits per heavy atom. The van der Waals surface area contributed by atoms with Crippen molar-refractivity contribution in [3.8, 4) is 23.0 Å². The van der Waals surface area contributed by atoms with Gasteiger partial charge >= 0.3 is 6.01 Å². The summed E-state index contributed by atoms with van der Waals surface area (Å²) in [5.41, 5.74) is 0.327. The van der Waals surface area contributed by atoms with E-state index in [4.69, 9.17) is 9.53 Å². The second-order valence-electron chi connectivity index (χ2n) is 7.33. The number of unbranched alkanes of at least 4 members (excludes halogenated alkanes) is 1. The third-order valence-corrected chi connectivity index (χ3v) is 5.06. The molecule has 0 N–H and O–H groups in total. The van der Waals surface area contributed by atoms with E-state index in [2.05, 4.69) is 9.97 Å². The Morgan fingerprint density at radius 2 is 1.64 bits per heavy atom. The zero-order valence-corrected chi connectivity index (χ0v) is 20.6. The number of aromatic nitrogens is 3. The van der Waals surface area contributed by atoms with Crippen LogP contribution in [0.15, 0.2) is 53.3 Å². The molecule has 2 aromatic heterocycles. The number of benzene rings is 2. The summed E-state index contributed by atoms with van der Waals surface area (Å²) >= 11 is 0. The fraction of sp³-hybridized carbons (Fsp3) is 0.259. The van der Waals surface area contributed by atoms with Crippen LogP contribution in [0.4, 0.5) is 13.2 Å². The standard InChI is InChI=1S/C24H20F3N3O2.C2H6.CH2O/c1-3-4-12-32-24-28-21(16-9-8-15(25)13-14(16)2)17-10-11-20(31)30(23(17)29-24)22-18(26)6-5-7-19(22)27;2*1-2/h5-11,13H,3-4,12H2,1-2H3;1-2H3;1H2. The first-order chi connectivity index (χ1) is 17.4. The van der Waals surface area contributed by atoms with Crippen molar-refractivity contribution in [3.05, 3.63) is 81.9 Å². The van der Waals surface area contributed by atoms with Gasteiger partial charge in [0.05, 0.1) is 12.3 Å². The summed E-state index contributed by atoms with van der Waals surface area (Å²) in [6.45, 7) is 10.0. The first-order valence-corrected chi connectivity index (χ1v) is 11.5. The van der Waals surface area contributed by atoms with Crippen LogP contribution in [0.2, 0.25) is 0 Å². The first-order valence-electron chi connectivity index (χ1n) is 11.5. The molecule has 0 aliphatic rings. The van der Waals surface area contributed by atoms with E-state index in [1.807, 2.05) is 27.6 Å². The Kier molecular flexibility index (Phi) is 10.3. The van der Waals surface area contributed by atoms with Crippen LogP contribution in [0.3, 0.4) is 0 Å². The monoisotopic (exact) mass is 499 g/mol. The maximum Gasteiger partial charge on any atom is 0.318 e. The molecule has 0 bridgehead atoms. The molecule has 4 rings (SSSR count). The molecule has 0 atom stereocenters. The van der Waals surface area contributed by atoms with Crippen molar-refractivity contribution in [2.45, 2.75) is 40.5 Å². The van der Waals surface area contributed by atoms with Crippen LogP contribution in [-0.4, -0.2) is 27.9 Å². The molecule has 0 aliphatic carbocycles. The predicted octanol–water partition coefficient (Wildman–Crippen LogP) is 6.19. The highest BCUT2D eigenvalue weighted by molar-refractivity contribution is 5.92. The predicted molar refractivity (Wildman–Crippen MR) is 134 cm³/mol. The van der Waals surface area contributed by atoms with Crippen LogP contribution in [0.25, 0.3) is 28.0 Å². The lowest BCUT2D eigenvalue weighted by Gasteiger charge is -2.15. The average Bonchev–Trinajstić information content (AvgIpc) is 2.87. The number of hydrogen-bond acceptors (Lipinski definition) is 5. The molecule has 0 fully saturated rings. The quantitative estimate of drug-likeness (QED) is 0.296. The summed E-state index contributed by atoms with van der Waals surface area (Å²) in [5.74, 6) is -2.23. The van der Waals surface area contributed by atoms with Crippen molar-refractivity contribution >= 4 is 17.8 Å². The largest absolute Gasteiger partial charge is 0.463 e. The molecular formula is C27H28F3N3O3. The Morgan fingerprint density at radius 1 is 0.972 bits per heavy atom. The highest BCUT2D eigenvalue weighted by Crippen LogP contribution is 2.31. The molecule has 0 saturated heterocycles. The topological polar surface area (TPSA) is 74.1 Å². The molecule has 190 valence electrons. The lowest BCUT2D eigenvalue weighted by molar-refractivity contribution is -0.0980. The summed E-state index contributed by atoms with van der Waals surface area (Å²) < 4.78 is 49.5. The molecule has 9 heteroatoms. The molecule has 0 saturated carbocycles. The van der Waals surface area contributed by atoms with Crippen molar-refractivity contribution in [2.24, 2.45) is 0 Å². The van der Waals surface area contributed by atoms with E-state index < -0.39 is 28.7 Å². The van der Waals surface area contributed by atoms with Crippen LogP contribution in [0, 0.1) is 24.4 Å². The highest BCUT2D eigenvalue weighted by Gasteiger charge is 2.20. The third-order valence-electron chi connectivity index (χ3n) is 5.06. The minimum atomic E-state index is -0.911. The molecule has 0 radical (unpaired) electrons. The Labute approximate surface area is 207 Å². The van der Waals surface area contributed by atoms with Crippen LogP contribution in [-0.2, 0) is 4.79 Å². The molecule has 0 spiro atoms. The van der Waals surface area contributed by atoms with Crippen LogP contribution >= 0.6 is 0 Å². The van der Waals surface area contributed by atoms with Crippen molar-refractivity contribution < 1.29 is 22.7 Å². The number of ether oxygens (including phenoxy) is 1. The number of pyridine rings is 1. The molecule has 2 aromatic carbocycles. The van der Waals surface area contributed by atoms with Gasteiger partial charge in [-0.1, -0.05) is 33.3 Å². The summed E-state index contributed by atoms with van der Waals surface area (Å²) in [7, 11) is 0. The fourth-order valence-electron chi connectivity index (χ4n) is 3.48. The van der Waals surface area contributed by atoms with Crippen molar-refractivity contribution in [1.29, 1.82) is 0 Å². The third kappa shape index (κ3) is 5.97. The molecule has 0 aliphatic heterocycles. The van der Waals surface area contributed by atoms with Gasteiger partial charge in [-0.3, -0.25) is 9.36 Å². The van der Waals surface area contributed by atoms with E-state index in [-0.39, 0.29) is 11.7 Å². The molecule has 36 heavy (non-hydrogen) atoms. The van der Waals surface area contributed by atoms with Gasteiger partial charge in [0.2, 0.25) is 0 Å². The van der Waals surface area contributed by atoms with Gasteiger partial charge in [-0.05, 0) is 55.3 Å². The summed E-state index contributed by atoms with van der Waals surface area (Å²) in [6, 6.07) is 10.2. The Balaban J connectivity index is 0.00000109. The van der Waals surface area contributed by atoms with E-state index in [0.29, 0.717) is 28.8 Å². The molecule has 0 unspecified atom stereocenters. The van der Waals surface area contributed by atoms with E-state index in [0.717, 1.165) is 29.5 Å². The molecular weight excluding hydrogens is 471 g/mol. The summed E-state index contributed by atoms with van der Waals surface area (Å²) in [5, 5.41) is 0.366. The lowest BCUT2D eigenvalue weighted by Crippen LogP contribution is -2.21. The van der Waals surface area contributed by atoms with Gasteiger partial charge in [0.1, 0.15) is 29.9 Å². The SMILES string of the molecule is C=O.CC.CCCCOc1nc(-c2ccc(F)cc2C)c2ccc(=O)n(-c3c(F)cccc3F)c2n1. The molecule has 2 heterocycles. The van der Waals surface area contributed by atoms with E-state index in [1.165, 1.54) is 30.3 Å². The Bertz CT molecular complexity index is 1370. The van der Waals surface area contributed by atoms with Gasteiger partial charge in [0.25, 0.3) is 5.56 Å². The van der Waals surface area contributed by atoms with Gasteiger partial charge in [0, 0.05) is 17.0 Å². The fourth-order valence-corrected chi connectivity index (χ4v) is 3.48. The zero-order chi connectivity index (χ0) is 26.8. The number of fused-ring (bicyclic) bond motifs is 1. The minimum Gasteiger partial charge on any atom is -0.463 e. The lowest BCUT2D eigenvalue weighted by atomic mass is 10.0. The number of nitrogens with zero attached hydrogens (tertiary/aromatic N) is 3. The number of halogens is 3. The van der Waals surface area contributed by atoms with Crippen molar-refractivity contribution in [3.63, 3.8) is 0 Å². The normalized spacial score (nSPS) is 10.2. The minimum absolute atomic E-state index is 0.0123. The maximum absolute atomic E-state index is 14.6. The number of carbonyl (C=O) groups is 1. The van der Waals surface area contributed by atoms with Gasteiger partial charge in [-0.15, -0.1) is 0 Å². The molecule has 0 amide bonds. The van der Waals surface area contributed by atoms with Crippen molar-refractivity contribution in [1.82, 2.24) is 14.5 Å². The second kappa shape index (κ2) is 13.2. The number of para-hydroxylation sites is 1. The zero-order valence-electron chi connectivity index (χ0n) is 20.6. The number of aryl methyl sites for hydroxylation is 1. The van der Waals surface area contributed by atoms with Crippen LogP contribution < -0.4 is 10.3 Å². The van der Waals surface area contributed by atoms with Crippen molar-refractivity contribution in [2.75, 3.05) is 6.61 Å². The van der Waals surface area contributed by atoms with Gasteiger partial charge in [0.15, 0.2) is 5.65 Å².